The van der Waals surface area contributed by atoms with Gasteiger partial charge in [-0.1, -0.05) is 84.0 Å². The van der Waals surface area contributed by atoms with Crippen molar-refractivity contribution in [3.63, 3.8) is 0 Å². The van der Waals surface area contributed by atoms with E-state index >= 15 is 0 Å². The number of hydrogen-bond donors (Lipinski definition) is 6. The summed E-state index contributed by atoms with van der Waals surface area (Å²) in [6, 6.07) is 51.6. The number of aryl methyl sites for hydroxylation is 2. The fourth-order valence-corrected chi connectivity index (χ4v) is 12.2. The lowest BCUT2D eigenvalue weighted by Gasteiger charge is -2.35. The maximum absolute atomic E-state index is 10.6. The SMILES string of the molecule is CN1CCN(CCCN2c3ccccc3Sc3ccc(Cl)cc32)CC1.Oc1cccc(-c2c3nc(c(-c4cccc(O)c4)c4ccc([nH]4)c(-c4cccc(O)c4)c4nc(c(-c5cccc(O)c5)c5ccc2[nH]5)CC4)C=C3)c1. The zero-order valence-electron chi connectivity index (χ0n) is 42.4. The first kappa shape index (κ1) is 49.6. The van der Waals surface area contributed by atoms with Crippen molar-refractivity contribution in [1.29, 1.82) is 0 Å². The van der Waals surface area contributed by atoms with Crippen molar-refractivity contribution in [3.05, 3.63) is 192 Å². The number of nitrogens with zero attached hydrogens (tertiary/aromatic N) is 5. The molecule has 6 aromatic carbocycles. The van der Waals surface area contributed by atoms with Crippen LogP contribution in [0.1, 0.15) is 29.2 Å². The molecule has 0 aliphatic carbocycles. The molecule has 77 heavy (non-hydrogen) atoms. The molecule has 13 heteroatoms. The second-order valence-electron chi connectivity index (χ2n) is 19.8. The van der Waals surface area contributed by atoms with Gasteiger partial charge < -0.3 is 45.1 Å². The van der Waals surface area contributed by atoms with Gasteiger partial charge in [0.1, 0.15) is 23.0 Å². The highest BCUT2D eigenvalue weighted by atomic mass is 35.5. The Kier molecular flexibility index (Phi) is 13.8. The molecule has 9 aromatic rings. The van der Waals surface area contributed by atoms with Crippen LogP contribution in [0.25, 0.3) is 78.7 Å². The van der Waals surface area contributed by atoms with Crippen LogP contribution in [0.15, 0.2) is 174 Å². The van der Waals surface area contributed by atoms with Crippen LogP contribution >= 0.6 is 23.4 Å². The van der Waals surface area contributed by atoms with Crippen molar-refractivity contribution >= 4 is 69.0 Å². The average molecular weight is 1050 g/mol. The fourth-order valence-electron chi connectivity index (χ4n) is 10.9. The number of phenols is 4. The van der Waals surface area contributed by atoms with Crippen LogP contribution < -0.4 is 4.90 Å². The summed E-state index contributed by atoms with van der Waals surface area (Å²) in [5, 5.41) is 43.1. The lowest BCUT2D eigenvalue weighted by molar-refractivity contribution is 0.153. The first-order valence-corrected chi connectivity index (χ1v) is 27.2. The van der Waals surface area contributed by atoms with Crippen molar-refractivity contribution in [3.8, 4) is 67.5 Å². The maximum Gasteiger partial charge on any atom is 0.116 e. The highest BCUT2D eigenvalue weighted by Crippen LogP contribution is 2.49. The Morgan fingerprint density at radius 3 is 1.45 bits per heavy atom. The molecule has 0 unspecified atom stereocenters. The minimum absolute atomic E-state index is 0.135. The highest BCUT2D eigenvalue weighted by molar-refractivity contribution is 7.99. The van der Waals surface area contributed by atoms with Crippen molar-refractivity contribution in [1.82, 2.24) is 29.7 Å². The number of para-hydroxylation sites is 1. The molecular weight excluding hydrogens is 998 g/mol. The van der Waals surface area contributed by atoms with Gasteiger partial charge in [0.2, 0.25) is 0 Å². The van der Waals surface area contributed by atoms with Crippen molar-refractivity contribution in [2.24, 2.45) is 0 Å². The number of rotatable bonds is 8. The highest BCUT2D eigenvalue weighted by Gasteiger charge is 2.25. The molecule has 1 saturated heterocycles. The molecule has 3 aromatic heterocycles. The van der Waals surface area contributed by atoms with E-state index in [1.165, 1.54) is 47.3 Å². The third kappa shape index (κ3) is 10.4. The lowest BCUT2D eigenvalue weighted by atomic mass is 10.0. The number of aromatic amines is 2. The molecule has 6 N–H and O–H groups in total. The lowest BCUT2D eigenvalue weighted by Crippen LogP contribution is -2.45. The van der Waals surface area contributed by atoms with Crippen LogP contribution in [0.5, 0.6) is 23.0 Å². The number of piperazine rings is 1. The number of halogens is 1. The molecular formula is C64H56ClN7O4S. The Morgan fingerprint density at radius 2 is 0.948 bits per heavy atom. The van der Waals surface area contributed by atoms with E-state index in [1.54, 1.807) is 48.5 Å². The molecule has 1 fully saturated rings. The van der Waals surface area contributed by atoms with Gasteiger partial charge in [0.15, 0.2) is 0 Å². The topological polar surface area (TPSA) is 148 Å². The monoisotopic (exact) mass is 1050 g/mol. The number of phenolic OH excluding ortho intramolecular Hbond substituents is 4. The molecule has 0 atom stereocenters. The quantitative estimate of drug-likeness (QED) is 0.0869. The van der Waals surface area contributed by atoms with E-state index in [-0.39, 0.29) is 23.0 Å². The first-order valence-electron chi connectivity index (χ1n) is 26.0. The largest absolute Gasteiger partial charge is 0.508 e. The number of hydrogen-bond acceptors (Lipinski definition) is 10. The third-order valence-electron chi connectivity index (χ3n) is 14.6. The molecule has 11 nitrogen and oxygen atoms in total. The summed E-state index contributed by atoms with van der Waals surface area (Å²) >= 11 is 8.13. The molecule has 0 saturated carbocycles. The van der Waals surface area contributed by atoms with Gasteiger partial charge in [-0.25, -0.2) is 4.98 Å². The van der Waals surface area contributed by atoms with E-state index in [9.17, 15) is 20.4 Å². The predicted molar refractivity (Wildman–Crippen MR) is 313 cm³/mol. The number of likely N-dealkylation sites (N-methyl/N-ethyl adjacent to an activating group) is 1. The number of anilines is 2. The molecule has 8 bridgehead atoms. The Morgan fingerprint density at radius 1 is 0.481 bits per heavy atom. The van der Waals surface area contributed by atoms with E-state index in [1.807, 2.05) is 103 Å². The number of H-pyrrole nitrogens is 2. The summed E-state index contributed by atoms with van der Waals surface area (Å²) in [4.78, 5) is 27.9. The van der Waals surface area contributed by atoms with Crippen molar-refractivity contribution < 1.29 is 20.4 Å². The van der Waals surface area contributed by atoms with Gasteiger partial charge >= 0.3 is 0 Å². The molecule has 384 valence electrons. The van der Waals surface area contributed by atoms with E-state index in [0.29, 0.717) is 24.2 Å². The van der Waals surface area contributed by atoms with Gasteiger partial charge in [-0.3, -0.25) is 4.98 Å². The zero-order valence-corrected chi connectivity index (χ0v) is 44.0. The van der Waals surface area contributed by atoms with E-state index < -0.39 is 0 Å². The second kappa shape index (κ2) is 21.4. The summed E-state index contributed by atoms with van der Waals surface area (Å²) in [6.07, 6.45) is 6.37. The fraction of sp³-hybridized carbons (Fsp3) is 0.156. The van der Waals surface area contributed by atoms with Crippen LogP contribution in [0.3, 0.4) is 0 Å². The minimum Gasteiger partial charge on any atom is -0.508 e. The predicted octanol–water partition coefficient (Wildman–Crippen LogP) is 14.3. The van der Waals surface area contributed by atoms with Gasteiger partial charge in [0.25, 0.3) is 0 Å². The average Bonchev–Trinajstić information content (AvgIpc) is 4.37. The summed E-state index contributed by atoms with van der Waals surface area (Å²) in [5.41, 5.74) is 15.3. The van der Waals surface area contributed by atoms with Gasteiger partial charge in [-0.2, -0.15) is 0 Å². The number of benzene rings is 6. The number of fused-ring (bicyclic) bond motifs is 10. The molecule has 7 heterocycles. The van der Waals surface area contributed by atoms with E-state index in [0.717, 1.165) is 102 Å². The zero-order chi connectivity index (χ0) is 52.6. The van der Waals surface area contributed by atoms with Gasteiger partial charge in [-0.15, -0.1) is 0 Å². The Balaban J connectivity index is 0.000000199. The van der Waals surface area contributed by atoms with Crippen LogP contribution in [0, 0.1) is 0 Å². The first-order chi connectivity index (χ1) is 37.6. The van der Waals surface area contributed by atoms with Crippen LogP contribution in [-0.4, -0.2) is 96.5 Å². The number of aromatic hydroxyl groups is 4. The summed E-state index contributed by atoms with van der Waals surface area (Å²) in [7, 11) is 2.21. The Labute approximate surface area is 456 Å². The summed E-state index contributed by atoms with van der Waals surface area (Å²) in [5.74, 6) is 0.570. The molecule has 0 amide bonds. The van der Waals surface area contributed by atoms with Gasteiger partial charge in [0.05, 0.1) is 34.2 Å². The number of nitrogens with one attached hydrogen (secondary N) is 2. The van der Waals surface area contributed by atoms with Crippen LogP contribution in [-0.2, 0) is 12.8 Å². The van der Waals surface area contributed by atoms with Crippen LogP contribution in [0.2, 0.25) is 5.02 Å². The molecule has 4 aliphatic heterocycles. The summed E-state index contributed by atoms with van der Waals surface area (Å²) in [6.45, 7) is 6.92. The van der Waals surface area contributed by atoms with E-state index in [2.05, 4.69) is 68.1 Å². The van der Waals surface area contributed by atoms with Gasteiger partial charge in [0, 0.05) is 91.9 Å². The van der Waals surface area contributed by atoms with Crippen molar-refractivity contribution in [2.75, 3.05) is 51.2 Å². The summed E-state index contributed by atoms with van der Waals surface area (Å²) < 4.78 is 0. The maximum atomic E-state index is 10.6. The molecule has 4 aliphatic rings. The smallest absolute Gasteiger partial charge is 0.116 e. The third-order valence-corrected chi connectivity index (χ3v) is 16.0. The Hall–Kier alpha value is -8.26. The number of aromatic nitrogens is 4. The molecule has 0 spiro atoms. The van der Waals surface area contributed by atoms with E-state index in [4.69, 9.17) is 21.6 Å². The Bertz CT molecular complexity index is 3740. The second-order valence-corrected chi connectivity index (χ2v) is 21.3. The minimum atomic E-state index is 0.135. The van der Waals surface area contributed by atoms with Crippen molar-refractivity contribution in [2.45, 2.75) is 29.1 Å². The van der Waals surface area contributed by atoms with Crippen LogP contribution in [0.4, 0.5) is 11.4 Å². The molecule has 13 rings (SSSR count). The molecule has 0 radical (unpaired) electrons. The van der Waals surface area contributed by atoms with Gasteiger partial charge in [-0.05, 0) is 170 Å². The standard InChI is InChI=1S/C44H32N4O4.C20H24ClN3S/c49-29-9-1-5-25(21-29)41-33-13-15-35(45-33)42(26-6-2-10-30(50)22-26)37-17-19-39(47-37)44(28-8-4-12-32(52)24-28)40-20-18-38(48-40)43(36-16-14-34(41)46-36)27-7-3-11-31(51)23-27;1-22-11-13-23(14-12-22)9-4-10-24-17-5-2-3-6-19(17)25-20-8-7-16(21)15-18(20)24/h1-17,19,21-24,46-47,49-52H,18,20H2;2-3,5-8,15H,4,9-14H2,1H3. The normalized spacial score (nSPS) is 14.2.